The van der Waals surface area contributed by atoms with E-state index in [0.29, 0.717) is 12.5 Å². The van der Waals surface area contributed by atoms with E-state index < -0.39 is 0 Å². The normalized spacial score (nSPS) is 22.2. The Labute approximate surface area is 147 Å². The van der Waals surface area contributed by atoms with Crippen molar-refractivity contribution in [2.75, 3.05) is 20.2 Å². The van der Waals surface area contributed by atoms with E-state index in [0.717, 1.165) is 50.8 Å². The molecule has 1 aromatic carbocycles. The quantitative estimate of drug-likeness (QED) is 0.693. The first-order valence-corrected chi connectivity index (χ1v) is 9.47. The SMILES string of the molecule is CC/C(=C(\CC)C1CCC(O)CC1)c1ccc(OCCNC)cc1. The van der Waals surface area contributed by atoms with Crippen LogP contribution in [0.5, 0.6) is 5.75 Å². The molecule has 3 heteroatoms. The first-order valence-electron chi connectivity index (χ1n) is 9.47. The Bertz CT molecular complexity index is 513. The van der Waals surface area contributed by atoms with Crippen LogP contribution in [0.25, 0.3) is 5.57 Å². The molecule has 2 rings (SSSR count). The summed E-state index contributed by atoms with van der Waals surface area (Å²) in [7, 11) is 1.93. The lowest BCUT2D eigenvalue weighted by Gasteiger charge is -2.29. The minimum Gasteiger partial charge on any atom is -0.492 e. The molecule has 0 heterocycles. The lowest BCUT2D eigenvalue weighted by atomic mass is 9.78. The highest BCUT2D eigenvalue weighted by Crippen LogP contribution is 2.37. The fourth-order valence-corrected chi connectivity index (χ4v) is 3.81. The number of hydrogen-bond donors (Lipinski definition) is 2. The zero-order valence-electron chi connectivity index (χ0n) is 15.5. The van der Waals surface area contributed by atoms with Crippen LogP contribution in [0.2, 0.25) is 0 Å². The number of likely N-dealkylation sites (N-methyl/N-ethyl adjacent to an activating group) is 1. The summed E-state index contributed by atoms with van der Waals surface area (Å²) >= 11 is 0. The van der Waals surface area contributed by atoms with Crippen LogP contribution in [0.4, 0.5) is 0 Å². The summed E-state index contributed by atoms with van der Waals surface area (Å²) in [5.74, 6) is 1.57. The van der Waals surface area contributed by atoms with Crippen molar-refractivity contribution in [1.82, 2.24) is 5.32 Å². The maximum atomic E-state index is 9.78. The molecule has 0 atom stereocenters. The monoisotopic (exact) mass is 331 g/mol. The summed E-state index contributed by atoms with van der Waals surface area (Å²) in [5, 5.41) is 12.9. The van der Waals surface area contributed by atoms with Crippen molar-refractivity contribution in [1.29, 1.82) is 0 Å². The van der Waals surface area contributed by atoms with E-state index in [-0.39, 0.29) is 6.10 Å². The molecular weight excluding hydrogens is 298 g/mol. The Kier molecular flexibility index (Phi) is 7.80. The summed E-state index contributed by atoms with van der Waals surface area (Å²) in [6.07, 6.45) is 6.22. The number of aliphatic hydroxyl groups excluding tert-OH is 1. The Morgan fingerprint density at radius 1 is 1.08 bits per heavy atom. The molecule has 0 saturated heterocycles. The lowest BCUT2D eigenvalue weighted by Crippen LogP contribution is -2.20. The van der Waals surface area contributed by atoms with Gasteiger partial charge in [0.25, 0.3) is 0 Å². The van der Waals surface area contributed by atoms with E-state index in [4.69, 9.17) is 4.74 Å². The molecule has 1 fully saturated rings. The molecule has 1 saturated carbocycles. The van der Waals surface area contributed by atoms with Gasteiger partial charge in [0.15, 0.2) is 0 Å². The second-order valence-electron chi connectivity index (χ2n) is 6.69. The van der Waals surface area contributed by atoms with E-state index in [1.165, 1.54) is 11.1 Å². The van der Waals surface area contributed by atoms with Crippen molar-refractivity contribution in [2.24, 2.45) is 5.92 Å². The van der Waals surface area contributed by atoms with E-state index >= 15 is 0 Å². The molecule has 0 aromatic heterocycles. The number of aliphatic hydroxyl groups is 1. The van der Waals surface area contributed by atoms with E-state index in [1.54, 1.807) is 5.57 Å². The summed E-state index contributed by atoms with van der Waals surface area (Å²) in [6.45, 7) is 6.07. The van der Waals surface area contributed by atoms with E-state index in [9.17, 15) is 5.11 Å². The van der Waals surface area contributed by atoms with Gasteiger partial charge in [-0.2, -0.15) is 0 Å². The average Bonchev–Trinajstić information content (AvgIpc) is 2.62. The smallest absolute Gasteiger partial charge is 0.119 e. The minimum absolute atomic E-state index is 0.0847. The highest BCUT2D eigenvalue weighted by molar-refractivity contribution is 5.69. The summed E-state index contributed by atoms with van der Waals surface area (Å²) < 4.78 is 5.72. The zero-order valence-corrected chi connectivity index (χ0v) is 15.5. The van der Waals surface area contributed by atoms with Gasteiger partial charge in [-0.25, -0.2) is 0 Å². The van der Waals surface area contributed by atoms with Crippen LogP contribution >= 0.6 is 0 Å². The third-order valence-electron chi connectivity index (χ3n) is 5.14. The number of ether oxygens (including phenoxy) is 1. The molecule has 1 aliphatic rings. The van der Waals surface area contributed by atoms with Gasteiger partial charge in [-0.05, 0) is 74.8 Å². The van der Waals surface area contributed by atoms with E-state index in [2.05, 4.69) is 43.4 Å². The number of allylic oxidation sites excluding steroid dienone is 2. The fourth-order valence-electron chi connectivity index (χ4n) is 3.81. The van der Waals surface area contributed by atoms with Crippen molar-refractivity contribution >= 4 is 5.57 Å². The second-order valence-corrected chi connectivity index (χ2v) is 6.69. The van der Waals surface area contributed by atoms with Crippen molar-refractivity contribution in [3.8, 4) is 5.75 Å². The number of benzene rings is 1. The van der Waals surface area contributed by atoms with Gasteiger partial charge in [0, 0.05) is 6.54 Å². The van der Waals surface area contributed by atoms with Crippen LogP contribution in [-0.4, -0.2) is 31.4 Å². The van der Waals surface area contributed by atoms with Crippen LogP contribution < -0.4 is 10.1 Å². The van der Waals surface area contributed by atoms with Gasteiger partial charge in [-0.3, -0.25) is 0 Å². The first-order chi connectivity index (χ1) is 11.7. The molecule has 24 heavy (non-hydrogen) atoms. The molecule has 2 N–H and O–H groups in total. The van der Waals surface area contributed by atoms with Crippen molar-refractivity contribution < 1.29 is 9.84 Å². The maximum absolute atomic E-state index is 9.78. The maximum Gasteiger partial charge on any atom is 0.119 e. The highest BCUT2D eigenvalue weighted by atomic mass is 16.5. The highest BCUT2D eigenvalue weighted by Gasteiger charge is 2.23. The molecule has 3 nitrogen and oxygen atoms in total. The number of hydrogen-bond acceptors (Lipinski definition) is 3. The summed E-state index contributed by atoms with van der Waals surface area (Å²) in [4.78, 5) is 0. The number of nitrogens with one attached hydrogen (secondary N) is 1. The summed E-state index contributed by atoms with van der Waals surface area (Å²) in [5.41, 5.74) is 4.40. The molecule has 134 valence electrons. The van der Waals surface area contributed by atoms with Crippen molar-refractivity contribution in [3.05, 3.63) is 35.4 Å². The average molecular weight is 332 g/mol. The molecule has 0 unspecified atom stereocenters. The number of rotatable bonds is 8. The Morgan fingerprint density at radius 3 is 2.29 bits per heavy atom. The van der Waals surface area contributed by atoms with Crippen LogP contribution in [0, 0.1) is 5.92 Å². The molecular formula is C21H33NO2. The van der Waals surface area contributed by atoms with Gasteiger partial charge in [0.2, 0.25) is 0 Å². The van der Waals surface area contributed by atoms with Gasteiger partial charge in [0.05, 0.1) is 6.10 Å². The fraction of sp³-hybridized carbons (Fsp3) is 0.619. The molecule has 1 aromatic rings. The molecule has 0 radical (unpaired) electrons. The van der Waals surface area contributed by atoms with Crippen molar-refractivity contribution in [3.63, 3.8) is 0 Å². The van der Waals surface area contributed by atoms with Crippen LogP contribution in [0.3, 0.4) is 0 Å². The zero-order chi connectivity index (χ0) is 17.4. The van der Waals surface area contributed by atoms with E-state index in [1.807, 2.05) is 7.05 Å². The Morgan fingerprint density at radius 2 is 1.75 bits per heavy atom. The van der Waals surface area contributed by atoms with Gasteiger partial charge < -0.3 is 15.2 Å². The second kappa shape index (κ2) is 9.85. The van der Waals surface area contributed by atoms with Crippen LogP contribution in [0.1, 0.15) is 57.9 Å². The Hall–Kier alpha value is -1.32. The van der Waals surface area contributed by atoms with Gasteiger partial charge >= 0.3 is 0 Å². The first kappa shape index (κ1) is 19.0. The van der Waals surface area contributed by atoms with Crippen LogP contribution in [0.15, 0.2) is 29.8 Å². The molecule has 0 bridgehead atoms. The Balaban J connectivity index is 2.15. The van der Waals surface area contributed by atoms with Gasteiger partial charge in [0.1, 0.15) is 12.4 Å². The summed E-state index contributed by atoms with van der Waals surface area (Å²) in [6, 6.07) is 8.55. The minimum atomic E-state index is -0.0847. The predicted molar refractivity (Wildman–Crippen MR) is 101 cm³/mol. The topological polar surface area (TPSA) is 41.5 Å². The third kappa shape index (κ3) is 5.09. The lowest BCUT2D eigenvalue weighted by molar-refractivity contribution is 0.115. The molecule has 0 amide bonds. The van der Waals surface area contributed by atoms with Crippen LogP contribution in [-0.2, 0) is 0 Å². The largest absolute Gasteiger partial charge is 0.492 e. The molecule has 0 spiro atoms. The molecule has 1 aliphatic carbocycles. The third-order valence-corrected chi connectivity index (χ3v) is 5.14. The molecule has 0 aliphatic heterocycles. The predicted octanol–water partition coefficient (Wildman–Crippen LogP) is 4.41. The van der Waals surface area contributed by atoms with Crippen molar-refractivity contribution in [2.45, 2.75) is 58.5 Å². The standard InChI is InChI=1S/C21H33NO2/c1-4-20(16-6-10-18(23)11-7-16)21(5-2)17-8-12-19(13-9-17)24-15-14-22-3/h8-9,12-13,16,18,22-23H,4-7,10-11,14-15H2,1-3H3/b21-20-. The van der Waals surface area contributed by atoms with Gasteiger partial charge in [-0.1, -0.05) is 31.6 Å². The van der Waals surface area contributed by atoms with Gasteiger partial charge in [-0.15, -0.1) is 0 Å².